The van der Waals surface area contributed by atoms with Crippen LogP contribution in [-0.2, 0) is 0 Å². The monoisotopic (exact) mass is 236 g/mol. The van der Waals surface area contributed by atoms with Gasteiger partial charge < -0.3 is 0 Å². The van der Waals surface area contributed by atoms with Crippen LogP contribution >= 0.6 is 0 Å². The van der Waals surface area contributed by atoms with Crippen molar-refractivity contribution in [2.75, 3.05) is 11.7 Å². The summed E-state index contributed by atoms with van der Waals surface area (Å²) in [5.74, 6) is 0. The molecule has 0 saturated heterocycles. The van der Waals surface area contributed by atoms with Crippen LogP contribution in [0.1, 0.15) is 45.4 Å². The van der Waals surface area contributed by atoms with E-state index in [0.29, 0.717) is 0 Å². The Morgan fingerprint density at radius 1 is 1.00 bits per heavy atom. The molecule has 17 heavy (non-hydrogen) atoms. The first-order valence-corrected chi connectivity index (χ1v) is 6.62. The summed E-state index contributed by atoms with van der Waals surface area (Å²) in [6, 6.07) is 9.49. The van der Waals surface area contributed by atoms with Gasteiger partial charge in [0.15, 0.2) is 0 Å². The van der Waals surface area contributed by atoms with Crippen molar-refractivity contribution in [2.45, 2.75) is 45.4 Å². The second-order valence-corrected chi connectivity index (χ2v) is 4.32. The summed E-state index contributed by atoms with van der Waals surface area (Å²) in [6.45, 7) is 3.04. The largest absolute Gasteiger partial charge is 0.273 e. The Morgan fingerprint density at radius 2 is 1.65 bits per heavy atom. The summed E-state index contributed by atoms with van der Waals surface area (Å²) in [5.41, 5.74) is 3.76. The highest BCUT2D eigenvalue weighted by molar-refractivity contribution is 5.41. The summed E-state index contributed by atoms with van der Waals surface area (Å²) in [6.07, 6.45) is 7.59. The maximum absolute atomic E-state index is 9.68. The van der Waals surface area contributed by atoms with Crippen molar-refractivity contribution in [1.29, 1.82) is 0 Å². The molecule has 0 spiro atoms. The molecule has 1 aromatic carbocycles. The van der Waals surface area contributed by atoms with E-state index >= 15 is 0 Å². The Balaban J connectivity index is 2.03. The van der Waals surface area contributed by atoms with E-state index in [2.05, 4.69) is 12.3 Å². The quantitative estimate of drug-likeness (QED) is 0.506. The molecule has 0 unspecified atom stereocenters. The zero-order valence-electron chi connectivity index (χ0n) is 10.7. The van der Waals surface area contributed by atoms with Crippen LogP contribution in [0.5, 0.6) is 0 Å². The summed E-state index contributed by atoms with van der Waals surface area (Å²) in [4.78, 5) is 0. The minimum Gasteiger partial charge on any atom is -0.273 e. The smallest absolute Gasteiger partial charge is 0.0820 e. The molecule has 3 nitrogen and oxygen atoms in total. The van der Waals surface area contributed by atoms with E-state index < -0.39 is 0 Å². The molecular weight excluding hydrogens is 212 g/mol. The molecule has 96 valence electrons. The number of benzene rings is 1. The van der Waals surface area contributed by atoms with Crippen molar-refractivity contribution in [3.63, 3.8) is 0 Å². The second-order valence-electron chi connectivity index (χ2n) is 4.32. The topological polar surface area (TPSA) is 35.5 Å². The Hall–Kier alpha value is -1.06. The number of hydrazine groups is 1. The Bertz CT molecular complexity index is 277. The molecular formula is C14H24N2O. The van der Waals surface area contributed by atoms with Crippen molar-refractivity contribution >= 4 is 5.69 Å². The van der Waals surface area contributed by atoms with E-state index in [-0.39, 0.29) is 0 Å². The number of nitrogens with one attached hydrogen (secondary N) is 1. The third-order valence-corrected chi connectivity index (χ3v) is 2.79. The lowest BCUT2D eigenvalue weighted by atomic mass is 10.1. The predicted molar refractivity (Wildman–Crippen MR) is 72.1 cm³/mol. The van der Waals surface area contributed by atoms with Gasteiger partial charge in [-0.25, -0.2) is 5.43 Å². The summed E-state index contributed by atoms with van der Waals surface area (Å²) < 4.78 is 0. The maximum atomic E-state index is 9.68. The highest BCUT2D eigenvalue weighted by Crippen LogP contribution is 2.08. The Morgan fingerprint density at radius 3 is 2.35 bits per heavy atom. The lowest BCUT2D eigenvalue weighted by molar-refractivity contribution is 0.210. The predicted octanol–water partition coefficient (Wildman–Crippen LogP) is 3.75. The van der Waals surface area contributed by atoms with Crippen molar-refractivity contribution < 1.29 is 5.21 Å². The third-order valence-electron chi connectivity index (χ3n) is 2.79. The molecule has 3 heteroatoms. The number of para-hydroxylation sites is 1. The first-order chi connectivity index (χ1) is 8.34. The lowest BCUT2D eigenvalue weighted by Gasteiger charge is -2.17. The lowest BCUT2D eigenvalue weighted by Crippen LogP contribution is -2.35. The zero-order chi connectivity index (χ0) is 12.3. The molecule has 0 fully saturated rings. The SMILES string of the molecule is CCCCCCCCNN(O)c1ccccc1. The van der Waals surface area contributed by atoms with Crippen LogP contribution in [0.15, 0.2) is 30.3 Å². The minimum absolute atomic E-state index is 0.776. The summed E-state index contributed by atoms with van der Waals surface area (Å²) >= 11 is 0. The number of anilines is 1. The third kappa shape index (κ3) is 6.29. The highest BCUT2D eigenvalue weighted by atomic mass is 16.5. The van der Waals surface area contributed by atoms with Gasteiger partial charge in [0.2, 0.25) is 0 Å². The average Bonchev–Trinajstić information content (AvgIpc) is 2.38. The van der Waals surface area contributed by atoms with Crippen LogP contribution in [0.4, 0.5) is 5.69 Å². The molecule has 1 rings (SSSR count). The molecule has 0 aliphatic rings. The van der Waals surface area contributed by atoms with Gasteiger partial charge in [-0.1, -0.05) is 57.2 Å². The summed E-state index contributed by atoms with van der Waals surface area (Å²) in [7, 11) is 0. The highest BCUT2D eigenvalue weighted by Gasteiger charge is 1.99. The molecule has 0 aliphatic carbocycles. The molecule has 2 N–H and O–H groups in total. The molecule has 0 bridgehead atoms. The molecule has 0 aliphatic heterocycles. The van der Waals surface area contributed by atoms with Crippen molar-refractivity contribution in [2.24, 2.45) is 0 Å². The Kier molecular flexibility index (Phi) is 7.43. The van der Waals surface area contributed by atoms with Gasteiger partial charge in [0.25, 0.3) is 0 Å². The number of hydrogen-bond acceptors (Lipinski definition) is 3. The number of hydrogen-bond donors (Lipinski definition) is 2. The van der Waals surface area contributed by atoms with Gasteiger partial charge in [0.05, 0.1) is 5.69 Å². The van der Waals surface area contributed by atoms with Gasteiger partial charge >= 0.3 is 0 Å². The van der Waals surface area contributed by atoms with Crippen molar-refractivity contribution in [1.82, 2.24) is 5.43 Å². The molecule has 1 aromatic rings. The molecule has 0 saturated carbocycles. The van der Waals surface area contributed by atoms with Crippen LogP contribution < -0.4 is 10.6 Å². The van der Waals surface area contributed by atoms with Gasteiger partial charge in [-0.2, -0.15) is 5.17 Å². The molecule has 0 aromatic heterocycles. The first-order valence-electron chi connectivity index (χ1n) is 6.62. The van der Waals surface area contributed by atoms with E-state index in [0.717, 1.165) is 23.8 Å². The second kappa shape index (κ2) is 9.02. The molecule has 0 heterocycles. The Labute approximate surface area is 104 Å². The van der Waals surface area contributed by atoms with Crippen LogP contribution in [-0.4, -0.2) is 11.8 Å². The summed E-state index contributed by atoms with van der Waals surface area (Å²) in [5, 5.41) is 10.8. The van der Waals surface area contributed by atoms with Crippen LogP contribution in [0.3, 0.4) is 0 Å². The maximum Gasteiger partial charge on any atom is 0.0820 e. The van der Waals surface area contributed by atoms with E-state index in [1.807, 2.05) is 30.3 Å². The standard InChI is InChI=1S/C14H24N2O/c1-2-3-4-5-6-10-13-15-16(17)14-11-8-7-9-12-14/h7-9,11-12,15,17H,2-6,10,13H2,1H3. The number of unbranched alkanes of at least 4 members (excludes halogenated alkanes) is 5. The fourth-order valence-corrected chi connectivity index (χ4v) is 1.75. The van der Waals surface area contributed by atoms with Gasteiger partial charge in [-0.15, -0.1) is 0 Å². The zero-order valence-corrected chi connectivity index (χ0v) is 10.7. The number of nitrogens with zero attached hydrogens (tertiary/aromatic N) is 1. The normalized spacial score (nSPS) is 10.5. The van der Waals surface area contributed by atoms with Gasteiger partial charge in [-0.05, 0) is 18.6 Å². The average molecular weight is 236 g/mol. The van der Waals surface area contributed by atoms with E-state index in [1.165, 1.54) is 32.1 Å². The van der Waals surface area contributed by atoms with Gasteiger partial charge in [0, 0.05) is 6.54 Å². The minimum atomic E-state index is 0.776. The van der Waals surface area contributed by atoms with Crippen molar-refractivity contribution in [3.8, 4) is 0 Å². The van der Waals surface area contributed by atoms with E-state index in [4.69, 9.17) is 0 Å². The first kappa shape index (κ1) is 14.0. The van der Waals surface area contributed by atoms with Gasteiger partial charge in [0.1, 0.15) is 0 Å². The van der Waals surface area contributed by atoms with Crippen LogP contribution in [0.25, 0.3) is 0 Å². The van der Waals surface area contributed by atoms with E-state index in [9.17, 15) is 5.21 Å². The van der Waals surface area contributed by atoms with E-state index in [1.54, 1.807) is 0 Å². The fraction of sp³-hybridized carbons (Fsp3) is 0.571. The fourth-order valence-electron chi connectivity index (χ4n) is 1.75. The van der Waals surface area contributed by atoms with Crippen LogP contribution in [0.2, 0.25) is 0 Å². The molecule has 0 amide bonds. The van der Waals surface area contributed by atoms with Crippen molar-refractivity contribution in [3.05, 3.63) is 30.3 Å². The van der Waals surface area contributed by atoms with Gasteiger partial charge in [-0.3, -0.25) is 5.21 Å². The number of rotatable bonds is 9. The molecule has 0 atom stereocenters. The van der Waals surface area contributed by atoms with Crippen LogP contribution in [0, 0.1) is 0 Å². The molecule has 0 radical (unpaired) electrons.